The molecule has 0 radical (unpaired) electrons. The van der Waals surface area contributed by atoms with Crippen LogP contribution in [0, 0.1) is 5.41 Å². The van der Waals surface area contributed by atoms with E-state index in [4.69, 9.17) is 11.6 Å². The number of carbonyl (C=O) groups excluding carboxylic acids is 1. The standard InChI is InChI=1S/C19H30ClNO/c1-6-7-8-10-15(2)21(18(22)14-19(3,4)5)17-12-9-11-16(20)13-17/h9,11-13,15H,6-8,10,14H2,1-5H3. The topological polar surface area (TPSA) is 20.3 Å². The van der Waals surface area contributed by atoms with Crippen molar-refractivity contribution in [2.75, 3.05) is 4.90 Å². The molecule has 2 nitrogen and oxygen atoms in total. The van der Waals surface area contributed by atoms with Crippen LogP contribution in [0.4, 0.5) is 5.69 Å². The Hall–Kier alpha value is -1.02. The van der Waals surface area contributed by atoms with E-state index in [1.165, 1.54) is 12.8 Å². The van der Waals surface area contributed by atoms with Crippen LogP contribution < -0.4 is 4.90 Å². The molecule has 1 aromatic carbocycles. The first-order valence-electron chi connectivity index (χ1n) is 8.32. The minimum absolute atomic E-state index is 0.0168. The van der Waals surface area contributed by atoms with Gasteiger partial charge in [-0.25, -0.2) is 0 Å². The van der Waals surface area contributed by atoms with E-state index in [9.17, 15) is 4.79 Å². The average Bonchev–Trinajstić information content (AvgIpc) is 2.37. The zero-order valence-corrected chi connectivity index (χ0v) is 15.4. The summed E-state index contributed by atoms with van der Waals surface area (Å²) in [4.78, 5) is 14.8. The summed E-state index contributed by atoms with van der Waals surface area (Å²) >= 11 is 6.12. The van der Waals surface area contributed by atoms with Crippen LogP contribution in [-0.2, 0) is 4.79 Å². The fourth-order valence-corrected chi connectivity index (χ4v) is 2.81. The van der Waals surface area contributed by atoms with Gasteiger partial charge in [0.1, 0.15) is 0 Å². The van der Waals surface area contributed by atoms with Gasteiger partial charge in [-0.1, -0.05) is 64.6 Å². The molecule has 0 N–H and O–H groups in total. The van der Waals surface area contributed by atoms with Gasteiger partial charge in [0.25, 0.3) is 0 Å². The van der Waals surface area contributed by atoms with Gasteiger partial charge in [-0.2, -0.15) is 0 Å². The summed E-state index contributed by atoms with van der Waals surface area (Å²) in [5.74, 6) is 0.179. The second-order valence-corrected chi connectivity index (χ2v) is 7.76. The summed E-state index contributed by atoms with van der Waals surface area (Å²) in [6, 6.07) is 7.81. The van der Waals surface area contributed by atoms with Crippen LogP contribution >= 0.6 is 11.6 Å². The highest BCUT2D eigenvalue weighted by Gasteiger charge is 2.26. The third kappa shape index (κ3) is 6.39. The van der Waals surface area contributed by atoms with Crippen LogP contribution in [-0.4, -0.2) is 11.9 Å². The van der Waals surface area contributed by atoms with Crippen LogP contribution in [0.25, 0.3) is 0 Å². The third-order valence-electron chi connectivity index (χ3n) is 3.70. The molecule has 22 heavy (non-hydrogen) atoms. The number of nitrogens with zero attached hydrogens (tertiary/aromatic N) is 1. The minimum Gasteiger partial charge on any atom is -0.310 e. The maximum atomic E-state index is 12.8. The summed E-state index contributed by atoms with van der Waals surface area (Å²) in [5, 5.41) is 0.673. The van der Waals surface area contributed by atoms with E-state index < -0.39 is 0 Å². The molecule has 0 saturated heterocycles. The molecule has 0 saturated carbocycles. The highest BCUT2D eigenvalue weighted by Crippen LogP contribution is 2.28. The van der Waals surface area contributed by atoms with Crippen LogP contribution in [0.2, 0.25) is 5.02 Å². The van der Waals surface area contributed by atoms with Crippen molar-refractivity contribution in [3.05, 3.63) is 29.3 Å². The molecule has 0 spiro atoms. The van der Waals surface area contributed by atoms with Crippen LogP contribution in [0.3, 0.4) is 0 Å². The first kappa shape index (κ1) is 19.0. The number of unbranched alkanes of at least 4 members (excludes halogenated alkanes) is 2. The SMILES string of the molecule is CCCCCC(C)N(C(=O)CC(C)(C)C)c1cccc(Cl)c1. The highest BCUT2D eigenvalue weighted by atomic mass is 35.5. The van der Waals surface area contributed by atoms with Crippen molar-refractivity contribution in [3.63, 3.8) is 0 Å². The zero-order chi connectivity index (χ0) is 16.8. The number of anilines is 1. The molecule has 1 unspecified atom stereocenters. The van der Waals surface area contributed by atoms with Crippen molar-refractivity contribution < 1.29 is 4.79 Å². The lowest BCUT2D eigenvalue weighted by Crippen LogP contribution is -2.40. The lowest BCUT2D eigenvalue weighted by molar-refractivity contribution is -0.120. The summed E-state index contributed by atoms with van der Waals surface area (Å²) in [6.07, 6.45) is 5.12. The summed E-state index contributed by atoms with van der Waals surface area (Å²) in [5.41, 5.74) is 0.891. The second kappa shape index (κ2) is 8.57. The molecular weight excluding hydrogens is 294 g/mol. The van der Waals surface area contributed by atoms with Gasteiger partial charge in [0.15, 0.2) is 0 Å². The highest BCUT2D eigenvalue weighted by molar-refractivity contribution is 6.30. The molecule has 0 fully saturated rings. The first-order chi connectivity index (χ1) is 10.2. The number of amides is 1. The Bertz CT molecular complexity index is 479. The Morgan fingerprint density at radius 3 is 2.50 bits per heavy atom. The quantitative estimate of drug-likeness (QED) is 0.557. The van der Waals surface area contributed by atoms with E-state index in [0.29, 0.717) is 11.4 Å². The maximum absolute atomic E-state index is 12.8. The van der Waals surface area contributed by atoms with Crippen molar-refractivity contribution in [3.8, 4) is 0 Å². The monoisotopic (exact) mass is 323 g/mol. The van der Waals surface area contributed by atoms with Gasteiger partial charge in [0.05, 0.1) is 0 Å². The van der Waals surface area contributed by atoms with Crippen molar-refractivity contribution >= 4 is 23.2 Å². The molecule has 1 rings (SSSR count). The van der Waals surface area contributed by atoms with Crippen LogP contribution in [0.1, 0.15) is 66.7 Å². The Morgan fingerprint density at radius 1 is 1.27 bits per heavy atom. The number of hydrogen-bond donors (Lipinski definition) is 0. The van der Waals surface area contributed by atoms with Crippen LogP contribution in [0.15, 0.2) is 24.3 Å². The predicted molar refractivity (Wildman–Crippen MR) is 96.6 cm³/mol. The zero-order valence-electron chi connectivity index (χ0n) is 14.7. The average molecular weight is 324 g/mol. The summed E-state index contributed by atoms with van der Waals surface area (Å²) in [6.45, 7) is 10.6. The Morgan fingerprint density at radius 2 is 1.95 bits per heavy atom. The fourth-order valence-electron chi connectivity index (χ4n) is 2.63. The molecule has 1 aromatic rings. The molecule has 0 aliphatic rings. The van der Waals surface area contributed by atoms with Crippen molar-refractivity contribution in [1.29, 1.82) is 0 Å². The van der Waals surface area contributed by atoms with E-state index >= 15 is 0 Å². The predicted octanol–water partition coefficient (Wildman–Crippen LogP) is 6.08. The Kier molecular flexibility index (Phi) is 7.41. The molecule has 1 atom stereocenters. The van der Waals surface area contributed by atoms with Gasteiger partial charge in [-0.3, -0.25) is 4.79 Å². The number of benzene rings is 1. The van der Waals surface area contributed by atoms with Gasteiger partial charge in [0, 0.05) is 23.2 Å². The Balaban J connectivity index is 2.96. The fraction of sp³-hybridized carbons (Fsp3) is 0.632. The van der Waals surface area contributed by atoms with Gasteiger partial charge in [-0.15, -0.1) is 0 Å². The van der Waals surface area contributed by atoms with Crippen molar-refractivity contribution in [1.82, 2.24) is 0 Å². The van der Waals surface area contributed by atoms with Gasteiger partial charge < -0.3 is 4.90 Å². The van der Waals surface area contributed by atoms with Crippen molar-refractivity contribution in [2.24, 2.45) is 5.41 Å². The number of hydrogen-bond acceptors (Lipinski definition) is 1. The molecule has 1 amide bonds. The van der Waals surface area contributed by atoms with Gasteiger partial charge >= 0.3 is 0 Å². The maximum Gasteiger partial charge on any atom is 0.227 e. The van der Waals surface area contributed by atoms with Crippen LogP contribution in [0.5, 0.6) is 0 Å². The van der Waals surface area contributed by atoms with E-state index in [-0.39, 0.29) is 17.4 Å². The molecule has 0 aliphatic carbocycles. The smallest absolute Gasteiger partial charge is 0.227 e. The molecule has 0 heterocycles. The molecular formula is C19H30ClNO. The molecule has 0 bridgehead atoms. The van der Waals surface area contributed by atoms with E-state index in [1.54, 1.807) is 0 Å². The largest absolute Gasteiger partial charge is 0.310 e. The number of halogens is 1. The lowest BCUT2D eigenvalue weighted by atomic mass is 9.91. The van der Waals surface area contributed by atoms with E-state index in [2.05, 4.69) is 34.6 Å². The summed E-state index contributed by atoms with van der Waals surface area (Å²) < 4.78 is 0. The normalized spacial score (nSPS) is 13.0. The third-order valence-corrected chi connectivity index (χ3v) is 3.94. The molecule has 124 valence electrons. The summed E-state index contributed by atoms with van der Waals surface area (Å²) in [7, 11) is 0. The molecule has 0 aliphatic heterocycles. The lowest BCUT2D eigenvalue weighted by Gasteiger charge is -2.32. The second-order valence-electron chi connectivity index (χ2n) is 7.33. The van der Waals surface area contributed by atoms with Gasteiger partial charge in [-0.05, 0) is 37.0 Å². The molecule has 0 aromatic heterocycles. The number of rotatable bonds is 7. The van der Waals surface area contributed by atoms with E-state index in [1.807, 2.05) is 29.2 Å². The minimum atomic E-state index is -0.0168. The van der Waals surface area contributed by atoms with E-state index in [0.717, 1.165) is 18.5 Å². The van der Waals surface area contributed by atoms with Gasteiger partial charge in [0.2, 0.25) is 5.91 Å². The Labute approximate surface area is 140 Å². The first-order valence-corrected chi connectivity index (χ1v) is 8.70. The molecule has 3 heteroatoms. The number of carbonyl (C=O) groups is 1. The van der Waals surface area contributed by atoms with Crippen molar-refractivity contribution in [2.45, 2.75) is 72.8 Å².